The van der Waals surface area contributed by atoms with Crippen LogP contribution in [0.5, 0.6) is 0 Å². The molecule has 0 bridgehead atoms. The van der Waals surface area contributed by atoms with E-state index in [-0.39, 0.29) is 18.1 Å². The third-order valence-corrected chi connectivity index (χ3v) is 3.22. The Labute approximate surface area is 148 Å². The van der Waals surface area contributed by atoms with E-state index in [2.05, 4.69) is 25.5 Å². The maximum absolute atomic E-state index is 12.1. The van der Waals surface area contributed by atoms with Crippen molar-refractivity contribution in [2.24, 2.45) is 11.5 Å². The summed E-state index contributed by atoms with van der Waals surface area (Å²) in [4.78, 5) is 38.8. The first-order valence-electron chi connectivity index (χ1n) is 7.50. The van der Waals surface area contributed by atoms with Crippen LogP contribution in [0.15, 0.2) is 4.52 Å². The molecule has 1 aromatic heterocycles. The average molecular weight is 374 g/mol. The molecule has 1 aromatic rings. The smallest absolute Gasteiger partial charge is 0.331 e. The number of aromatic nitrogens is 2. The van der Waals surface area contributed by atoms with Crippen molar-refractivity contribution in [3.05, 3.63) is 11.7 Å². The Kier molecular flexibility index (Phi) is 7.89. The van der Waals surface area contributed by atoms with Gasteiger partial charge in [0.1, 0.15) is 6.04 Å². The molecular formula is C13H22N6O7. The van der Waals surface area contributed by atoms with E-state index < -0.39 is 48.7 Å². The van der Waals surface area contributed by atoms with Crippen molar-refractivity contribution in [1.82, 2.24) is 20.8 Å². The van der Waals surface area contributed by atoms with E-state index in [0.717, 1.165) is 7.11 Å². The number of rotatable bonds is 9. The molecule has 2 unspecified atom stereocenters. The van der Waals surface area contributed by atoms with E-state index >= 15 is 0 Å². The van der Waals surface area contributed by atoms with Crippen LogP contribution in [0.4, 0.5) is 4.79 Å². The van der Waals surface area contributed by atoms with Gasteiger partial charge in [-0.25, -0.2) is 9.59 Å². The third-order valence-electron chi connectivity index (χ3n) is 3.22. The van der Waals surface area contributed by atoms with Crippen molar-refractivity contribution in [2.45, 2.75) is 37.6 Å². The number of nitrogens with zero attached hydrogens (tertiary/aromatic N) is 2. The van der Waals surface area contributed by atoms with Crippen LogP contribution < -0.4 is 22.1 Å². The molecule has 0 aliphatic heterocycles. The number of hydrogen-bond donors (Lipinski definition) is 6. The van der Waals surface area contributed by atoms with Gasteiger partial charge in [-0.2, -0.15) is 4.98 Å². The first kappa shape index (κ1) is 21.3. The fourth-order valence-corrected chi connectivity index (χ4v) is 1.87. The van der Waals surface area contributed by atoms with Gasteiger partial charge in [0.15, 0.2) is 11.9 Å². The lowest BCUT2D eigenvalue weighted by molar-refractivity contribution is -0.145. The molecule has 0 aliphatic carbocycles. The molecule has 0 aromatic carbocycles. The zero-order chi connectivity index (χ0) is 19.9. The van der Waals surface area contributed by atoms with Gasteiger partial charge in [0.25, 0.3) is 0 Å². The number of nitrogens with two attached hydrogens (primary N) is 2. The van der Waals surface area contributed by atoms with Crippen LogP contribution in [-0.4, -0.2) is 64.1 Å². The van der Waals surface area contributed by atoms with Crippen molar-refractivity contribution in [1.29, 1.82) is 0 Å². The maximum atomic E-state index is 12.1. The molecule has 13 nitrogen and oxygen atoms in total. The lowest BCUT2D eigenvalue weighted by Crippen LogP contribution is -2.52. The molecular weight excluding hydrogens is 352 g/mol. The summed E-state index contributed by atoms with van der Waals surface area (Å²) in [5.41, 5.74) is 10.7. The Morgan fingerprint density at radius 3 is 2.50 bits per heavy atom. The lowest BCUT2D eigenvalue weighted by atomic mass is 10.2. The van der Waals surface area contributed by atoms with Gasteiger partial charge in [0.2, 0.25) is 11.8 Å². The summed E-state index contributed by atoms with van der Waals surface area (Å²) >= 11 is 0. The van der Waals surface area contributed by atoms with Gasteiger partial charge in [0, 0.05) is 0 Å². The summed E-state index contributed by atoms with van der Waals surface area (Å²) in [6.07, 6.45) is -1.62. The molecule has 1 heterocycles. The van der Waals surface area contributed by atoms with E-state index in [0.29, 0.717) is 0 Å². The molecule has 0 aliphatic rings. The van der Waals surface area contributed by atoms with E-state index in [1.54, 1.807) is 0 Å². The fourth-order valence-electron chi connectivity index (χ4n) is 1.87. The molecule has 0 radical (unpaired) electrons. The number of carbonyl (C=O) groups excluding carboxylic acids is 3. The van der Waals surface area contributed by atoms with E-state index in [9.17, 15) is 19.5 Å². The molecule has 4 atom stereocenters. The van der Waals surface area contributed by atoms with Gasteiger partial charge in [0.05, 0.1) is 32.3 Å². The molecule has 0 spiro atoms. The van der Waals surface area contributed by atoms with Crippen LogP contribution in [0, 0.1) is 0 Å². The van der Waals surface area contributed by atoms with Crippen molar-refractivity contribution in [3.63, 3.8) is 0 Å². The number of hydrogen-bond acceptors (Lipinski definition) is 10. The Morgan fingerprint density at radius 2 is 2.00 bits per heavy atom. The number of ether oxygens (including phenoxy) is 1. The predicted molar refractivity (Wildman–Crippen MR) is 84.0 cm³/mol. The summed E-state index contributed by atoms with van der Waals surface area (Å²) in [5.74, 6) is -1.85. The number of aliphatic hydroxyl groups is 2. The third kappa shape index (κ3) is 5.94. The van der Waals surface area contributed by atoms with Crippen molar-refractivity contribution >= 4 is 17.9 Å². The van der Waals surface area contributed by atoms with Crippen LogP contribution >= 0.6 is 0 Å². The monoisotopic (exact) mass is 374 g/mol. The summed E-state index contributed by atoms with van der Waals surface area (Å²) in [6.45, 7) is 0.839. The first-order chi connectivity index (χ1) is 12.2. The summed E-state index contributed by atoms with van der Waals surface area (Å²) in [7, 11) is 1.09. The lowest BCUT2D eigenvalue weighted by Gasteiger charge is -2.21. The average Bonchev–Trinajstić information content (AvgIpc) is 3.07. The first-order valence-corrected chi connectivity index (χ1v) is 7.50. The highest BCUT2D eigenvalue weighted by Crippen LogP contribution is 2.16. The summed E-state index contributed by atoms with van der Waals surface area (Å²) < 4.78 is 9.41. The zero-order valence-electron chi connectivity index (χ0n) is 14.2. The molecule has 0 saturated carbocycles. The zero-order valence-corrected chi connectivity index (χ0v) is 14.2. The van der Waals surface area contributed by atoms with Gasteiger partial charge in [-0.3, -0.25) is 4.79 Å². The Hall–Kier alpha value is -2.77. The Morgan fingerprint density at radius 1 is 1.35 bits per heavy atom. The molecule has 0 fully saturated rings. The quantitative estimate of drug-likeness (QED) is 0.244. The Bertz CT molecular complexity index is 634. The fraction of sp³-hybridized carbons (Fsp3) is 0.615. The minimum Gasteiger partial charge on any atom is -0.467 e. The maximum Gasteiger partial charge on any atom is 0.331 e. The van der Waals surface area contributed by atoms with Crippen LogP contribution in [0.2, 0.25) is 0 Å². The highest BCUT2D eigenvalue weighted by atomic mass is 16.5. The number of nitrogens with one attached hydrogen (secondary N) is 2. The number of esters is 1. The van der Waals surface area contributed by atoms with Crippen LogP contribution in [-0.2, 0) is 14.3 Å². The van der Waals surface area contributed by atoms with Gasteiger partial charge >= 0.3 is 12.0 Å². The minimum atomic E-state index is -1.34. The van der Waals surface area contributed by atoms with Gasteiger partial charge in [-0.05, 0) is 6.92 Å². The standard InChI is InChI=1S/C13H22N6O7/c1-5(21)9(12(23)25-2)17-13(24)16-7(3-8(15)22)11-18-10(19-26-11)6(14)4-20/h5-7,9,20-21H,3-4,14H2,1-2H3,(H2,15,22)(H2,16,17,24)/t5?,6-,7?,9-/m0/s1. The largest absolute Gasteiger partial charge is 0.467 e. The Balaban J connectivity index is 2.90. The summed E-state index contributed by atoms with van der Waals surface area (Å²) in [5, 5.41) is 26.6. The second-order valence-corrected chi connectivity index (χ2v) is 5.36. The number of methoxy groups -OCH3 is 1. The van der Waals surface area contributed by atoms with Crippen molar-refractivity contribution in [3.8, 4) is 0 Å². The van der Waals surface area contributed by atoms with Crippen molar-refractivity contribution in [2.75, 3.05) is 13.7 Å². The van der Waals surface area contributed by atoms with E-state index in [4.69, 9.17) is 21.1 Å². The number of amides is 3. The normalized spacial score (nSPS) is 15.4. The SMILES string of the molecule is COC(=O)[C@@H](NC(=O)NC(CC(N)=O)c1nc([C@@H](N)CO)no1)C(C)O. The minimum absolute atomic E-state index is 0.0319. The highest BCUT2D eigenvalue weighted by Gasteiger charge is 2.29. The number of urea groups is 1. The van der Waals surface area contributed by atoms with Crippen LogP contribution in [0.25, 0.3) is 0 Å². The van der Waals surface area contributed by atoms with Crippen molar-refractivity contribution < 1.29 is 33.9 Å². The highest BCUT2D eigenvalue weighted by molar-refractivity contribution is 5.84. The second-order valence-electron chi connectivity index (χ2n) is 5.36. The summed E-state index contributed by atoms with van der Waals surface area (Å²) in [6, 6.07) is -4.28. The van der Waals surface area contributed by atoms with Gasteiger partial charge in [-0.1, -0.05) is 5.16 Å². The van der Waals surface area contributed by atoms with E-state index in [1.807, 2.05) is 0 Å². The molecule has 3 amide bonds. The second kappa shape index (κ2) is 9.65. The number of primary amides is 1. The topological polar surface area (TPSA) is 216 Å². The molecule has 8 N–H and O–H groups in total. The van der Waals surface area contributed by atoms with Crippen LogP contribution in [0.1, 0.15) is 37.1 Å². The number of aliphatic hydroxyl groups excluding tert-OH is 2. The molecule has 0 saturated heterocycles. The van der Waals surface area contributed by atoms with Gasteiger partial charge in [-0.15, -0.1) is 0 Å². The molecule has 1 rings (SSSR count). The number of carbonyl (C=O) groups is 3. The molecule has 146 valence electrons. The van der Waals surface area contributed by atoms with Gasteiger partial charge < -0.3 is 41.6 Å². The molecule has 26 heavy (non-hydrogen) atoms. The molecule has 13 heteroatoms. The van der Waals surface area contributed by atoms with Crippen LogP contribution in [0.3, 0.4) is 0 Å². The van der Waals surface area contributed by atoms with E-state index in [1.165, 1.54) is 6.92 Å². The predicted octanol–water partition coefficient (Wildman–Crippen LogP) is -2.80.